The highest BCUT2D eigenvalue weighted by Gasteiger charge is 2.24. The molecule has 1 unspecified atom stereocenters. The second-order valence-electron chi connectivity index (χ2n) is 7.28. The first kappa shape index (κ1) is 24.9. The molecule has 1 saturated heterocycles. The number of nitrogens with one attached hydrogen (secondary N) is 1. The summed E-state index contributed by atoms with van der Waals surface area (Å²) in [5.74, 6) is 1.04. The second-order valence-corrected chi connectivity index (χ2v) is 7.28. The second kappa shape index (κ2) is 12.5. The summed E-state index contributed by atoms with van der Waals surface area (Å²) >= 11 is 0. The number of carbonyl (C=O) groups is 1. The van der Waals surface area contributed by atoms with Crippen molar-refractivity contribution >= 4 is 35.8 Å². The SMILES string of the molecule is CN=C(NCCc1ccc(OCC(N)=O)cc1)N1CCOC(c2ccccc2C)C1.I. The van der Waals surface area contributed by atoms with E-state index in [1.165, 1.54) is 16.7 Å². The number of halogens is 1. The third kappa shape index (κ3) is 7.39. The van der Waals surface area contributed by atoms with Gasteiger partial charge in [0, 0.05) is 20.1 Å². The molecule has 0 aromatic heterocycles. The number of hydrogen-bond donors (Lipinski definition) is 2. The van der Waals surface area contributed by atoms with Crippen molar-refractivity contribution in [3.05, 3.63) is 65.2 Å². The number of nitrogens with zero attached hydrogens (tertiary/aromatic N) is 2. The van der Waals surface area contributed by atoms with E-state index in [0.29, 0.717) is 12.4 Å². The van der Waals surface area contributed by atoms with Crippen LogP contribution in [0.2, 0.25) is 0 Å². The van der Waals surface area contributed by atoms with Crippen molar-refractivity contribution in [3.8, 4) is 5.75 Å². The summed E-state index contributed by atoms with van der Waals surface area (Å²) in [4.78, 5) is 17.5. The normalized spacial score (nSPS) is 16.4. The zero-order valence-electron chi connectivity index (χ0n) is 18.0. The fourth-order valence-corrected chi connectivity index (χ4v) is 3.54. The van der Waals surface area contributed by atoms with Crippen LogP contribution in [0.15, 0.2) is 53.5 Å². The molecule has 1 atom stereocenters. The number of aliphatic imine (C=N–C) groups is 1. The van der Waals surface area contributed by atoms with E-state index in [1.54, 1.807) is 0 Å². The zero-order valence-corrected chi connectivity index (χ0v) is 20.4. The molecule has 1 heterocycles. The van der Waals surface area contributed by atoms with E-state index in [1.807, 2.05) is 31.3 Å². The van der Waals surface area contributed by atoms with E-state index in [4.69, 9.17) is 15.2 Å². The Labute approximate surface area is 201 Å². The van der Waals surface area contributed by atoms with Crippen LogP contribution in [-0.2, 0) is 16.0 Å². The summed E-state index contributed by atoms with van der Waals surface area (Å²) in [5, 5.41) is 3.46. The van der Waals surface area contributed by atoms with E-state index in [-0.39, 0.29) is 36.7 Å². The van der Waals surface area contributed by atoms with Gasteiger partial charge in [-0.05, 0) is 42.2 Å². The number of rotatable bonds is 7. The van der Waals surface area contributed by atoms with Crippen molar-refractivity contribution in [2.45, 2.75) is 19.4 Å². The Balaban J connectivity index is 0.00000341. The van der Waals surface area contributed by atoms with Crippen molar-refractivity contribution in [2.24, 2.45) is 10.7 Å². The Morgan fingerprint density at radius 3 is 2.68 bits per heavy atom. The van der Waals surface area contributed by atoms with Crippen LogP contribution in [0, 0.1) is 6.92 Å². The molecule has 168 valence electrons. The molecule has 0 bridgehead atoms. The molecule has 0 aliphatic carbocycles. The summed E-state index contributed by atoms with van der Waals surface area (Å²) < 4.78 is 11.3. The zero-order chi connectivity index (χ0) is 21.3. The Hall–Kier alpha value is -2.33. The number of amides is 1. The van der Waals surface area contributed by atoms with Crippen LogP contribution in [0.25, 0.3) is 0 Å². The van der Waals surface area contributed by atoms with Crippen LogP contribution in [0.1, 0.15) is 22.8 Å². The molecule has 0 saturated carbocycles. The number of guanidine groups is 1. The van der Waals surface area contributed by atoms with Crippen molar-refractivity contribution < 1.29 is 14.3 Å². The van der Waals surface area contributed by atoms with Gasteiger partial charge in [0.1, 0.15) is 11.9 Å². The molecule has 8 heteroatoms. The molecular formula is C23H31IN4O3. The molecule has 2 aromatic carbocycles. The number of benzene rings is 2. The quantitative estimate of drug-likeness (QED) is 0.322. The summed E-state index contributed by atoms with van der Waals surface area (Å²) in [6, 6.07) is 16.0. The topological polar surface area (TPSA) is 89.2 Å². The fourth-order valence-electron chi connectivity index (χ4n) is 3.54. The van der Waals surface area contributed by atoms with Crippen molar-refractivity contribution in [2.75, 3.05) is 39.9 Å². The lowest BCUT2D eigenvalue weighted by atomic mass is 10.0. The average Bonchev–Trinajstić information content (AvgIpc) is 2.76. The van der Waals surface area contributed by atoms with Gasteiger partial charge >= 0.3 is 0 Å². The molecule has 3 N–H and O–H groups in total. The largest absolute Gasteiger partial charge is 0.484 e. The molecule has 31 heavy (non-hydrogen) atoms. The van der Waals surface area contributed by atoms with Gasteiger partial charge in [-0.1, -0.05) is 36.4 Å². The van der Waals surface area contributed by atoms with Crippen LogP contribution in [0.5, 0.6) is 5.75 Å². The van der Waals surface area contributed by atoms with Gasteiger partial charge in [-0.2, -0.15) is 0 Å². The molecule has 1 aliphatic rings. The number of morpholine rings is 1. The number of aryl methyl sites for hydroxylation is 1. The van der Waals surface area contributed by atoms with Gasteiger partial charge in [-0.25, -0.2) is 0 Å². The summed E-state index contributed by atoms with van der Waals surface area (Å²) in [5.41, 5.74) is 8.74. The first-order valence-corrected chi connectivity index (χ1v) is 10.2. The van der Waals surface area contributed by atoms with Gasteiger partial charge in [0.25, 0.3) is 5.91 Å². The smallest absolute Gasteiger partial charge is 0.255 e. The van der Waals surface area contributed by atoms with E-state index in [0.717, 1.165) is 32.0 Å². The lowest BCUT2D eigenvalue weighted by Gasteiger charge is -2.35. The first-order chi connectivity index (χ1) is 14.6. The number of ether oxygens (including phenoxy) is 2. The van der Waals surface area contributed by atoms with Crippen molar-refractivity contribution in [1.82, 2.24) is 10.2 Å². The maximum Gasteiger partial charge on any atom is 0.255 e. The van der Waals surface area contributed by atoms with Gasteiger partial charge in [0.2, 0.25) is 0 Å². The third-order valence-corrected chi connectivity index (χ3v) is 5.11. The van der Waals surface area contributed by atoms with Gasteiger partial charge in [-0.15, -0.1) is 24.0 Å². The van der Waals surface area contributed by atoms with Crippen LogP contribution >= 0.6 is 24.0 Å². The molecule has 2 aromatic rings. The average molecular weight is 538 g/mol. The molecule has 0 radical (unpaired) electrons. The lowest BCUT2D eigenvalue weighted by Crippen LogP contribution is -2.48. The van der Waals surface area contributed by atoms with Crippen LogP contribution in [-0.4, -0.2) is 56.7 Å². The summed E-state index contributed by atoms with van der Waals surface area (Å²) in [6.45, 7) is 5.03. The minimum absolute atomic E-state index is 0. The molecule has 1 amide bonds. The monoisotopic (exact) mass is 538 g/mol. The lowest BCUT2D eigenvalue weighted by molar-refractivity contribution is -0.119. The highest BCUT2D eigenvalue weighted by atomic mass is 127. The minimum Gasteiger partial charge on any atom is -0.484 e. The number of nitrogens with two attached hydrogens (primary N) is 1. The summed E-state index contributed by atoms with van der Waals surface area (Å²) in [7, 11) is 1.81. The van der Waals surface area contributed by atoms with Gasteiger partial charge in [0.05, 0.1) is 13.2 Å². The molecule has 3 rings (SSSR count). The molecule has 0 spiro atoms. The van der Waals surface area contributed by atoms with Gasteiger partial charge in [0.15, 0.2) is 12.6 Å². The molecule has 1 aliphatic heterocycles. The van der Waals surface area contributed by atoms with E-state index in [9.17, 15) is 4.79 Å². The van der Waals surface area contributed by atoms with Crippen molar-refractivity contribution in [3.63, 3.8) is 0 Å². The Morgan fingerprint density at radius 1 is 1.26 bits per heavy atom. The number of primary amides is 1. The molecule has 7 nitrogen and oxygen atoms in total. The predicted molar refractivity (Wildman–Crippen MR) is 133 cm³/mol. The van der Waals surface area contributed by atoms with Crippen molar-refractivity contribution in [1.29, 1.82) is 0 Å². The van der Waals surface area contributed by atoms with E-state index < -0.39 is 5.91 Å². The van der Waals surface area contributed by atoms with Crippen LogP contribution < -0.4 is 15.8 Å². The maximum atomic E-state index is 10.8. The van der Waals surface area contributed by atoms with Crippen LogP contribution in [0.4, 0.5) is 0 Å². The molecular weight excluding hydrogens is 507 g/mol. The minimum atomic E-state index is -0.484. The van der Waals surface area contributed by atoms with Gasteiger partial charge in [-0.3, -0.25) is 9.79 Å². The predicted octanol–water partition coefficient (Wildman–Crippen LogP) is 2.67. The molecule has 1 fully saturated rings. The standard InChI is InChI=1S/C23H30N4O3.HI/c1-17-5-3-4-6-20(17)21-15-27(13-14-29-21)23(25-2)26-12-11-18-7-9-19(10-8-18)30-16-22(24)28;/h3-10,21H,11-16H2,1-2H3,(H2,24,28)(H,25,26);1H. The van der Waals surface area contributed by atoms with Gasteiger partial charge < -0.3 is 25.4 Å². The highest BCUT2D eigenvalue weighted by Crippen LogP contribution is 2.25. The fraction of sp³-hybridized carbons (Fsp3) is 0.391. The number of hydrogen-bond acceptors (Lipinski definition) is 4. The van der Waals surface area contributed by atoms with E-state index >= 15 is 0 Å². The van der Waals surface area contributed by atoms with Crippen LogP contribution in [0.3, 0.4) is 0 Å². The Morgan fingerprint density at radius 2 is 2.00 bits per heavy atom. The Kier molecular flexibility index (Phi) is 10.1. The first-order valence-electron chi connectivity index (χ1n) is 10.2. The highest BCUT2D eigenvalue weighted by molar-refractivity contribution is 14.0. The Bertz CT molecular complexity index is 873. The van der Waals surface area contributed by atoms with E-state index in [2.05, 4.69) is 46.4 Å². The summed E-state index contributed by atoms with van der Waals surface area (Å²) in [6.07, 6.45) is 0.896. The number of carbonyl (C=O) groups excluding carboxylic acids is 1. The third-order valence-electron chi connectivity index (χ3n) is 5.11. The maximum absolute atomic E-state index is 10.8.